The lowest BCUT2D eigenvalue weighted by Crippen LogP contribution is -2.28. The van der Waals surface area contributed by atoms with E-state index in [1.165, 1.54) is 0 Å². The van der Waals surface area contributed by atoms with E-state index in [1.54, 1.807) is 7.11 Å². The molecular formula is C14H20BrNO3. The van der Waals surface area contributed by atoms with Crippen molar-refractivity contribution in [2.75, 3.05) is 13.7 Å². The third-order valence-electron chi connectivity index (χ3n) is 2.86. The first-order chi connectivity index (χ1) is 9.06. The Morgan fingerprint density at radius 1 is 1.53 bits per heavy atom. The minimum atomic E-state index is -0.347. The van der Waals surface area contributed by atoms with Gasteiger partial charge in [0.2, 0.25) is 5.91 Å². The number of hydrogen-bond acceptors (Lipinski definition) is 3. The monoisotopic (exact) mass is 329 g/mol. The SMILES string of the molecule is CCC(O)CCNC(=O)Cc1cc(Br)ccc1OC. The van der Waals surface area contributed by atoms with Crippen LogP contribution in [0.15, 0.2) is 22.7 Å². The fraction of sp³-hybridized carbons (Fsp3) is 0.500. The molecule has 19 heavy (non-hydrogen) atoms. The van der Waals surface area contributed by atoms with Gasteiger partial charge in [-0.3, -0.25) is 4.79 Å². The highest BCUT2D eigenvalue weighted by atomic mass is 79.9. The van der Waals surface area contributed by atoms with Crippen LogP contribution in [0.3, 0.4) is 0 Å². The van der Waals surface area contributed by atoms with Gasteiger partial charge in [-0.25, -0.2) is 0 Å². The molecule has 0 saturated heterocycles. The van der Waals surface area contributed by atoms with Gasteiger partial charge in [0, 0.05) is 16.6 Å². The van der Waals surface area contributed by atoms with E-state index in [0.29, 0.717) is 25.1 Å². The normalized spacial score (nSPS) is 12.0. The molecule has 0 spiro atoms. The Balaban J connectivity index is 2.50. The second-order valence-corrected chi connectivity index (χ2v) is 5.25. The molecule has 0 aliphatic rings. The number of halogens is 1. The Morgan fingerprint density at radius 2 is 2.26 bits per heavy atom. The summed E-state index contributed by atoms with van der Waals surface area (Å²) in [6.07, 6.45) is 1.21. The number of aliphatic hydroxyl groups excluding tert-OH is 1. The van der Waals surface area contributed by atoms with Gasteiger partial charge in [0.25, 0.3) is 0 Å². The van der Waals surface area contributed by atoms with Crippen molar-refractivity contribution in [3.05, 3.63) is 28.2 Å². The highest BCUT2D eigenvalue weighted by Gasteiger charge is 2.09. The van der Waals surface area contributed by atoms with Crippen molar-refractivity contribution in [1.82, 2.24) is 5.32 Å². The van der Waals surface area contributed by atoms with Crippen molar-refractivity contribution in [3.63, 3.8) is 0 Å². The number of hydrogen-bond donors (Lipinski definition) is 2. The van der Waals surface area contributed by atoms with Crippen LogP contribution in [0.5, 0.6) is 5.75 Å². The van der Waals surface area contributed by atoms with Crippen LogP contribution in [0.1, 0.15) is 25.3 Å². The van der Waals surface area contributed by atoms with E-state index < -0.39 is 0 Å². The zero-order valence-corrected chi connectivity index (χ0v) is 12.9. The van der Waals surface area contributed by atoms with Gasteiger partial charge in [-0.15, -0.1) is 0 Å². The van der Waals surface area contributed by atoms with Gasteiger partial charge in [-0.05, 0) is 31.0 Å². The number of benzene rings is 1. The summed E-state index contributed by atoms with van der Waals surface area (Å²) in [5, 5.41) is 12.2. The summed E-state index contributed by atoms with van der Waals surface area (Å²) in [4.78, 5) is 11.8. The molecule has 1 amide bonds. The molecule has 1 atom stereocenters. The number of amides is 1. The topological polar surface area (TPSA) is 58.6 Å². The summed E-state index contributed by atoms with van der Waals surface area (Å²) in [6, 6.07) is 5.57. The number of nitrogens with one attached hydrogen (secondary N) is 1. The summed E-state index contributed by atoms with van der Waals surface area (Å²) in [5.41, 5.74) is 0.838. The van der Waals surface area contributed by atoms with Crippen LogP contribution in [0, 0.1) is 0 Å². The summed E-state index contributed by atoms with van der Waals surface area (Å²) < 4.78 is 6.13. The lowest BCUT2D eigenvalue weighted by Gasteiger charge is -2.11. The molecular weight excluding hydrogens is 310 g/mol. The van der Waals surface area contributed by atoms with Crippen LogP contribution >= 0.6 is 15.9 Å². The number of rotatable bonds is 7. The second-order valence-electron chi connectivity index (χ2n) is 4.33. The lowest BCUT2D eigenvalue weighted by molar-refractivity contribution is -0.120. The third kappa shape index (κ3) is 5.61. The summed E-state index contributed by atoms with van der Waals surface area (Å²) in [6.45, 7) is 2.41. The molecule has 2 N–H and O–H groups in total. The Morgan fingerprint density at radius 3 is 2.89 bits per heavy atom. The zero-order valence-electron chi connectivity index (χ0n) is 11.3. The molecule has 0 aliphatic heterocycles. The largest absolute Gasteiger partial charge is 0.496 e. The Labute approximate surface area is 122 Å². The van der Waals surface area contributed by atoms with E-state index in [2.05, 4.69) is 21.2 Å². The predicted octanol–water partition coefficient (Wildman–Crippen LogP) is 2.28. The molecule has 4 nitrogen and oxygen atoms in total. The predicted molar refractivity (Wildman–Crippen MR) is 78.3 cm³/mol. The average molecular weight is 330 g/mol. The number of carbonyl (C=O) groups excluding carboxylic acids is 1. The molecule has 0 aliphatic carbocycles. The van der Waals surface area contributed by atoms with Crippen molar-refractivity contribution in [3.8, 4) is 5.75 Å². The van der Waals surface area contributed by atoms with Crippen molar-refractivity contribution >= 4 is 21.8 Å². The van der Waals surface area contributed by atoms with Crippen LogP contribution in [-0.4, -0.2) is 30.8 Å². The summed E-state index contributed by atoms with van der Waals surface area (Å²) in [5.74, 6) is 0.631. The van der Waals surface area contributed by atoms with Crippen LogP contribution < -0.4 is 10.1 Å². The fourth-order valence-corrected chi connectivity index (χ4v) is 2.11. The van der Waals surface area contributed by atoms with Crippen LogP contribution in [0.25, 0.3) is 0 Å². The highest BCUT2D eigenvalue weighted by molar-refractivity contribution is 9.10. The molecule has 1 unspecified atom stereocenters. The van der Waals surface area contributed by atoms with Gasteiger partial charge >= 0.3 is 0 Å². The molecule has 1 aromatic rings. The fourth-order valence-electron chi connectivity index (χ4n) is 1.70. The van der Waals surface area contributed by atoms with Gasteiger partial charge in [0.15, 0.2) is 0 Å². The molecule has 1 aromatic carbocycles. The molecule has 106 valence electrons. The molecule has 0 heterocycles. The van der Waals surface area contributed by atoms with E-state index in [1.807, 2.05) is 25.1 Å². The van der Waals surface area contributed by atoms with Gasteiger partial charge < -0.3 is 15.2 Å². The molecule has 5 heteroatoms. The molecule has 0 aromatic heterocycles. The maximum Gasteiger partial charge on any atom is 0.224 e. The average Bonchev–Trinajstić information content (AvgIpc) is 2.38. The standard InChI is InChI=1S/C14H20BrNO3/c1-3-12(17)6-7-16-14(18)9-10-8-11(15)4-5-13(10)19-2/h4-5,8,12,17H,3,6-7,9H2,1-2H3,(H,16,18). The summed E-state index contributed by atoms with van der Waals surface area (Å²) in [7, 11) is 1.59. The molecule has 0 fully saturated rings. The minimum absolute atomic E-state index is 0.0697. The van der Waals surface area contributed by atoms with E-state index in [4.69, 9.17) is 4.74 Å². The number of methoxy groups -OCH3 is 1. The van der Waals surface area contributed by atoms with Crippen LogP contribution in [0.4, 0.5) is 0 Å². The van der Waals surface area contributed by atoms with Crippen molar-refractivity contribution in [1.29, 1.82) is 0 Å². The number of ether oxygens (including phenoxy) is 1. The smallest absolute Gasteiger partial charge is 0.224 e. The second kappa shape index (κ2) is 8.17. The number of aliphatic hydroxyl groups is 1. The summed E-state index contributed by atoms with van der Waals surface area (Å²) >= 11 is 3.38. The van der Waals surface area contributed by atoms with Gasteiger partial charge in [0.1, 0.15) is 5.75 Å². The number of carbonyl (C=O) groups is 1. The lowest BCUT2D eigenvalue weighted by atomic mass is 10.1. The van der Waals surface area contributed by atoms with Crippen LogP contribution in [0.2, 0.25) is 0 Å². The van der Waals surface area contributed by atoms with Gasteiger partial charge in [-0.2, -0.15) is 0 Å². The first-order valence-electron chi connectivity index (χ1n) is 6.34. The molecule has 0 bridgehead atoms. The van der Waals surface area contributed by atoms with E-state index >= 15 is 0 Å². The maximum absolute atomic E-state index is 11.8. The Hall–Kier alpha value is -1.07. The first-order valence-corrected chi connectivity index (χ1v) is 7.13. The molecule has 0 saturated carbocycles. The van der Waals surface area contributed by atoms with Gasteiger partial charge in [0.05, 0.1) is 19.6 Å². The van der Waals surface area contributed by atoms with Crippen molar-refractivity contribution in [2.24, 2.45) is 0 Å². The first kappa shape index (κ1) is 16.0. The molecule has 0 radical (unpaired) electrons. The molecule has 1 rings (SSSR count). The van der Waals surface area contributed by atoms with Gasteiger partial charge in [-0.1, -0.05) is 22.9 Å². The maximum atomic E-state index is 11.8. The quantitative estimate of drug-likeness (QED) is 0.806. The van der Waals surface area contributed by atoms with Crippen molar-refractivity contribution < 1.29 is 14.6 Å². The minimum Gasteiger partial charge on any atom is -0.496 e. The van der Waals surface area contributed by atoms with E-state index in [9.17, 15) is 9.90 Å². The third-order valence-corrected chi connectivity index (χ3v) is 3.36. The Bertz CT molecular complexity index is 423. The van der Waals surface area contributed by atoms with E-state index in [-0.39, 0.29) is 18.4 Å². The van der Waals surface area contributed by atoms with Crippen LogP contribution in [-0.2, 0) is 11.2 Å². The van der Waals surface area contributed by atoms with E-state index in [0.717, 1.165) is 10.0 Å². The van der Waals surface area contributed by atoms with Crippen molar-refractivity contribution in [2.45, 2.75) is 32.3 Å². The highest BCUT2D eigenvalue weighted by Crippen LogP contribution is 2.23. The Kier molecular flexibility index (Phi) is 6.87. The zero-order chi connectivity index (χ0) is 14.3.